The number of nitrogens with zero attached hydrogens (tertiary/aromatic N) is 6. The van der Waals surface area contributed by atoms with Crippen LogP contribution >= 0.6 is 0 Å². The molecule has 1 atom stereocenters. The average Bonchev–Trinajstić information content (AvgIpc) is 3.71. The van der Waals surface area contributed by atoms with E-state index < -0.39 is 0 Å². The summed E-state index contributed by atoms with van der Waals surface area (Å²) in [7, 11) is 2.13. The van der Waals surface area contributed by atoms with Crippen molar-refractivity contribution in [2.75, 3.05) is 0 Å². The first-order valence-electron chi connectivity index (χ1n) is 19.0. The van der Waals surface area contributed by atoms with Gasteiger partial charge < -0.3 is 0 Å². The Morgan fingerprint density at radius 1 is 0.648 bits per heavy atom. The van der Waals surface area contributed by atoms with E-state index >= 15 is 0 Å². The predicted molar refractivity (Wildman–Crippen MR) is 217 cm³/mol. The van der Waals surface area contributed by atoms with Crippen LogP contribution in [-0.4, -0.2) is 40.7 Å². The molecule has 0 saturated carbocycles. The molecular formula is C48H42N6+2. The molecule has 262 valence electrons. The summed E-state index contributed by atoms with van der Waals surface area (Å²) in [6.45, 7) is 12.2. The molecule has 11 rings (SSSR count). The van der Waals surface area contributed by atoms with E-state index in [1.54, 1.807) is 0 Å². The van der Waals surface area contributed by atoms with Crippen molar-refractivity contribution in [1.82, 2.24) is 14.0 Å². The summed E-state index contributed by atoms with van der Waals surface area (Å²) in [4.78, 5) is 5.23. The summed E-state index contributed by atoms with van der Waals surface area (Å²) >= 11 is 0. The molecule has 0 spiro atoms. The quantitative estimate of drug-likeness (QED) is 0.124. The lowest BCUT2D eigenvalue weighted by molar-refractivity contribution is -0.674. The smallest absolute Gasteiger partial charge is 0.279 e. The molecule has 0 amide bonds. The average molecular weight is 703 g/mol. The number of aromatic nitrogens is 4. The third-order valence-corrected chi connectivity index (χ3v) is 13.7. The lowest BCUT2D eigenvalue weighted by Gasteiger charge is -2.55. The zero-order valence-electron chi connectivity index (χ0n) is 31.6. The van der Waals surface area contributed by atoms with Crippen molar-refractivity contribution in [1.29, 1.82) is 0 Å². The fraction of sp³-hybridized carbons (Fsp3) is 0.208. The van der Waals surface area contributed by atoms with Crippen LogP contribution in [0.3, 0.4) is 0 Å². The van der Waals surface area contributed by atoms with Crippen molar-refractivity contribution in [3.8, 4) is 27.9 Å². The summed E-state index contributed by atoms with van der Waals surface area (Å²) in [6, 6.07) is 44.2. The van der Waals surface area contributed by atoms with Crippen LogP contribution in [0.1, 0.15) is 52.2 Å². The molecule has 3 aliphatic heterocycles. The fourth-order valence-electron chi connectivity index (χ4n) is 9.87. The largest absolute Gasteiger partial charge is 0.465 e. The Bertz CT molecular complexity index is 3000. The van der Waals surface area contributed by atoms with Gasteiger partial charge in [0.05, 0.1) is 34.1 Å². The zero-order chi connectivity index (χ0) is 36.7. The van der Waals surface area contributed by atoms with Crippen LogP contribution in [0.4, 0.5) is 11.4 Å². The summed E-state index contributed by atoms with van der Waals surface area (Å²) in [5.74, 6) is 0.902. The van der Waals surface area contributed by atoms with Gasteiger partial charge in [0.25, 0.3) is 0 Å². The maximum Gasteiger partial charge on any atom is 0.465 e. The first-order chi connectivity index (χ1) is 26.1. The second kappa shape index (κ2) is 10.5. The van der Waals surface area contributed by atoms with E-state index in [1.807, 2.05) is 0 Å². The highest BCUT2D eigenvalue weighted by Gasteiger charge is 2.65. The van der Waals surface area contributed by atoms with E-state index in [0.717, 1.165) is 45.6 Å². The molecule has 6 heterocycles. The van der Waals surface area contributed by atoms with Crippen molar-refractivity contribution in [2.24, 2.45) is 12.5 Å². The molecule has 0 radical (unpaired) electrons. The number of fused-ring (bicyclic) bond motifs is 15. The van der Waals surface area contributed by atoms with Gasteiger partial charge in [-0.05, 0) is 60.0 Å². The van der Waals surface area contributed by atoms with E-state index in [1.165, 1.54) is 44.8 Å². The van der Waals surface area contributed by atoms with Crippen molar-refractivity contribution in [3.05, 3.63) is 145 Å². The second-order valence-corrected chi connectivity index (χ2v) is 16.7. The molecule has 0 bridgehead atoms. The maximum atomic E-state index is 5.23. The van der Waals surface area contributed by atoms with Crippen LogP contribution in [0, 0.1) is 5.41 Å². The highest BCUT2D eigenvalue weighted by molar-refractivity contribution is 6.09. The Kier molecular flexibility index (Phi) is 6.11. The molecule has 0 saturated heterocycles. The second-order valence-electron chi connectivity index (χ2n) is 16.7. The summed E-state index contributed by atoms with van der Waals surface area (Å²) in [5.41, 5.74) is 15.9. The molecule has 8 aromatic rings. The number of benzene rings is 5. The van der Waals surface area contributed by atoms with Crippen LogP contribution in [0.2, 0.25) is 0 Å². The molecule has 54 heavy (non-hydrogen) atoms. The van der Waals surface area contributed by atoms with Crippen molar-refractivity contribution in [3.63, 3.8) is 0 Å². The van der Waals surface area contributed by atoms with E-state index in [2.05, 4.69) is 204 Å². The van der Waals surface area contributed by atoms with Crippen molar-refractivity contribution >= 4 is 51.3 Å². The molecule has 1 unspecified atom stereocenters. The van der Waals surface area contributed by atoms with E-state index in [0.29, 0.717) is 0 Å². The number of imidazole rings is 2. The molecule has 6 heteroatoms. The Balaban J connectivity index is 1.27. The Hall–Kier alpha value is -6.14. The fourth-order valence-corrected chi connectivity index (χ4v) is 9.87. The van der Waals surface area contributed by atoms with Crippen molar-refractivity contribution in [2.45, 2.75) is 52.0 Å². The molecular weight excluding hydrogens is 661 g/mol. The third-order valence-electron chi connectivity index (χ3n) is 13.7. The summed E-state index contributed by atoms with van der Waals surface area (Å²) in [6.07, 6.45) is 9.45. The third kappa shape index (κ3) is 3.85. The highest BCUT2D eigenvalue weighted by atomic mass is 15.2. The Morgan fingerprint density at radius 3 is 2.04 bits per heavy atom. The van der Waals surface area contributed by atoms with Gasteiger partial charge in [-0.1, -0.05) is 107 Å². The predicted octanol–water partition coefficient (Wildman–Crippen LogP) is 9.77. The number of rotatable bonds is 1. The molecule has 0 aliphatic carbocycles. The number of aryl methyl sites for hydroxylation is 1. The monoisotopic (exact) mass is 702 g/mol. The number of hydrogen-bond acceptors (Lipinski definition) is 1. The number of para-hydroxylation sites is 4. The molecule has 0 N–H and O–H groups in total. The van der Waals surface area contributed by atoms with Gasteiger partial charge in [-0.15, -0.1) is 0 Å². The van der Waals surface area contributed by atoms with Gasteiger partial charge in [-0.25, -0.2) is 18.7 Å². The van der Waals surface area contributed by atoms with E-state index in [4.69, 9.17) is 4.98 Å². The van der Waals surface area contributed by atoms with Gasteiger partial charge >= 0.3 is 6.34 Å². The lowest BCUT2D eigenvalue weighted by atomic mass is 9.51. The van der Waals surface area contributed by atoms with Gasteiger partial charge in [0, 0.05) is 33.7 Å². The van der Waals surface area contributed by atoms with Crippen LogP contribution in [0.25, 0.3) is 55.8 Å². The first kappa shape index (κ1) is 31.4. The molecule has 0 fully saturated rings. The molecule has 3 aromatic heterocycles. The number of hydrogen-bond donors (Lipinski definition) is 0. The van der Waals surface area contributed by atoms with Crippen LogP contribution in [0.15, 0.2) is 134 Å². The van der Waals surface area contributed by atoms with Gasteiger partial charge in [0.2, 0.25) is 5.78 Å². The minimum atomic E-state index is -0.280. The van der Waals surface area contributed by atoms with Gasteiger partial charge in [0.15, 0.2) is 23.6 Å². The SMILES string of the molecule is C[n+]1ccc2c(c1)C(C)(C)C(C)(C)C1(C)CC3=[N+]([C-]=[N+]21)c1cc(-n2c4ccccc4n4c5ccccc5nc24)ccc1-c1ccccc1-c1ccccc13. The van der Waals surface area contributed by atoms with Gasteiger partial charge in [0.1, 0.15) is 18.4 Å². The van der Waals surface area contributed by atoms with Crippen molar-refractivity contribution < 1.29 is 13.7 Å². The topological polar surface area (TPSA) is 32.1 Å². The van der Waals surface area contributed by atoms with Crippen LogP contribution in [-0.2, 0) is 12.5 Å². The minimum Gasteiger partial charge on any atom is -0.279 e. The minimum absolute atomic E-state index is 0.107. The molecule has 5 aromatic carbocycles. The molecule has 6 nitrogen and oxygen atoms in total. The first-order valence-corrected chi connectivity index (χ1v) is 19.0. The normalized spacial score (nSPS) is 19.3. The Morgan fingerprint density at radius 2 is 1.28 bits per heavy atom. The molecule has 3 aliphatic rings. The Labute approximate surface area is 315 Å². The van der Waals surface area contributed by atoms with E-state index in [-0.39, 0.29) is 16.4 Å². The number of pyridine rings is 1. The van der Waals surface area contributed by atoms with Crippen LogP contribution in [0.5, 0.6) is 0 Å². The zero-order valence-corrected chi connectivity index (χ0v) is 31.6. The summed E-state index contributed by atoms with van der Waals surface area (Å²) < 4.78 is 11.7. The maximum absolute atomic E-state index is 5.23. The highest BCUT2D eigenvalue weighted by Crippen LogP contribution is 2.59. The standard InChI is InChI=1S/C48H42N6/c1-46(2)37-29-50(6)26-25-39(37)52-30-51-43-27-31(53-41-21-13-14-22-42(41)54-40-20-12-11-19-38(40)49-45(53)54)23-24-36(43)34-17-8-7-15-32(34)33-16-9-10-18-35(33)44(51)28-48(52,5)47(46,3)4/h7-27,29H,28H2,1-6H3/q+2. The van der Waals surface area contributed by atoms with Gasteiger partial charge in [-0.2, -0.15) is 0 Å². The summed E-state index contributed by atoms with van der Waals surface area (Å²) in [5, 5.41) is 0. The lowest BCUT2D eigenvalue weighted by Crippen LogP contribution is -2.64. The van der Waals surface area contributed by atoms with Gasteiger partial charge in [-0.3, -0.25) is 8.97 Å². The van der Waals surface area contributed by atoms with Crippen LogP contribution < -0.4 is 4.57 Å². The van der Waals surface area contributed by atoms with E-state index in [9.17, 15) is 0 Å².